The highest BCUT2D eigenvalue weighted by molar-refractivity contribution is 5.50. The topological polar surface area (TPSA) is 3.24 Å². The summed E-state index contributed by atoms with van der Waals surface area (Å²) >= 11 is 0. The van der Waals surface area contributed by atoms with Gasteiger partial charge in [-0.05, 0) is 63.7 Å². The van der Waals surface area contributed by atoms with Crippen molar-refractivity contribution in [3.05, 3.63) is 77.4 Å². The Morgan fingerprint density at radius 1 is 0.917 bits per heavy atom. The van der Waals surface area contributed by atoms with Crippen LogP contribution in [0.25, 0.3) is 6.08 Å². The van der Waals surface area contributed by atoms with E-state index in [2.05, 4.69) is 92.7 Å². The minimum absolute atomic E-state index is 0.204. The fourth-order valence-corrected chi connectivity index (χ4v) is 3.98. The summed E-state index contributed by atoms with van der Waals surface area (Å²) in [4.78, 5) is 2.43. The predicted octanol–water partition coefficient (Wildman–Crippen LogP) is 5.66. The fourth-order valence-electron chi connectivity index (χ4n) is 3.98. The van der Waals surface area contributed by atoms with Gasteiger partial charge < -0.3 is 0 Å². The minimum Gasteiger partial charge on any atom is -0.300 e. The van der Waals surface area contributed by atoms with Gasteiger partial charge in [-0.2, -0.15) is 0 Å². The molecular weight excluding hydrogens is 290 g/mol. The average Bonchev–Trinajstić information content (AvgIpc) is 2.62. The molecule has 0 atom stereocenters. The number of nitrogens with zero attached hydrogens (tertiary/aromatic N) is 1. The van der Waals surface area contributed by atoms with Crippen molar-refractivity contribution in [2.45, 2.75) is 38.1 Å². The van der Waals surface area contributed by atoms with Gasteiger partial charge in [-0.25, -0.2) is 0 Å². The molecule has 1 nitrogen and oxygen atoms in total. The van der Waals surface area contributed by atoms with Gasteiger partial charge in [-0.1, -0.05) is 72.3 Å². The van der Waals surface area contributed by atoms with Gasteiger partial charge in [0.05, 0.1) is 0 Å². The van der Waals surface area contributed by atoms with Crippen molar-refractivity contribution >= 4 is 6.08 Å². The molecule has 0 aliphatic heterocycles. The summed E-state index contributed by atoms with van der Waals surface area (Å²) in [5.74, 6) is 0.697. The first-order valence-electron chi connectivity index (χ1n) is 9.08. The number of benzene rings is 2. The first-order chi connectivity index (χ1) is 11.6. The molecule has 0 aromatic heterocycles. The molecule has 0 N–H and O–H groups in total. The molecule has 0 bridgehead atoms. The summed E-state index contributed by atoms with van der Waals surface area (Å²) in [5, 5.41) is 0. The Hall–Kier alpha value is -1.86. The van der Waals surface area contributed by atoms with Crippen LogP contribution in [0.5, 0.6) is 0 Å². The summed E-state index contributed by atoms with van der Waals surface area (Å²) in [7, 11) is 4.46. The smallest absolute Gasteiger partial charge is 0.0455 e. The first-order valence-corrected chi connectivity index (χ1v) is 9.08. The third kappa shape index (κ3) is 3.62. The maximum atomic E-state index is 2.43. The van der Waals surface area contributed by atoms with Gasteiger partial charge >= 0.3 is 0 Å². The number of hydrogen-bond donors (Lipinski definition) is 0. The Morgan fingerprint density at radius 2 is 1.54 bits per heavy atom. The molecule has 1 aliphatic carbocycles. The molecule has 3 rings (SSSR count). The summed E-state index contributed by atoms with van der Waals surface area (Å²) in [6.07, 6.45) is 9.70. The molecule has 2 aromatic rings. The van der Waals surface area contributed by atoms with Crippen molar-refractivity contribution in [1.82, 2.24) is 4.90 Å². The number of aryl methyl sites for hydroxylation is 1. The molecule has 126 valence electrons. The Balaban J connectivity index is 1.68. The van der Waals surface area contributed by atoms with Crippen molar-refractivity contribution in [1.29, 1.82) is 0 Å². The van der Waals surface area contributed by atoms with Gasteiger partial charge in [-0.3, -0.25) is 4.90 Å². The maximum Gasteiger partial charge on any atom is 0.0455 e. The number of hydrogen-bond acceptors (Lipinski definition) is 1. The summed E-state index contributed by atoms with van der Waals surface area (Å²) in [5.41, 5.74) is 4.31. The lowest BCUT2D eigenvalue weighted by atomic mass is 9.72. The van der Waals surface area contributed by atoms with Crippen molar-refractivity contribution in [3.8, 4) is 0 Å². The quantitative estimate of drug-likeness (QED) is 0.703. The van der Waals surface area contributed by atoms with Crippen LogP contribution in [0.3, 0.4) is 0 Å². The zero-order valence-corrected chi connectivity index (χ0v) is 15.2. The van der Waals surface area contributed by atoms with Crippen LogP contribution in [0, 0.1) is 12.8 Å². The molecule has 0 radical (unpaired) electrons. The highest BCUT2D eigenvalue weighted by atomic mass is 15.1. The highest BCUT2D eigenvalue weighted by Crippen LogP contribution is 2.43. The Kier molecular flexibility index (Phi) is 5.20. The van der Waals surface area contributed by atoms with E-state index in [1.54, 1.807) is 0 Å². The highest BCUT2D eigenvalue weighted by Gasteiger charge is 2.37. The van der Waals surface area contributed by atoms with Crippen LogP contribution < -0.4 is 0 Å². The van der Waals surface area contributed by atoms with Gasteiger partial charge in [-0.15, -0.1) is 0 Å². The van der Waals surface area contributed by atoms with Gasteiger partial charge in [0.25, 0.3) is 0 Å². The Labute approximate surface area is 147 Å². The monoisotopic (exact) mass is 319 g/mol. The van der Waals surface area contributed by atoms with Crippen molar-refractivity contribution in [2.75, 3.05) is 14.1 Å². The third-order valence-corrected chi connectivity index (χ3v) is 5.66. The van der Waals surface area contributed by atoms with Crippen LogP contribution in [0.2, 0.25) is 0 Å². The molecule has 1 aliphatic rings. The second kappa shape index (κ2) is 7.36. The first kappa shape index (κ1) is 17.0. The van der Waals surface area contributed by atoms with E-state index >= 15 is 0 Å². The lowest BCUT2D eigenvalue weighted by Crippen LogP contribution is -2.44. The van der Waals surface area contributed by atoms with Crippen LogP contribution in [-0.2, 0) is 5.54 Å². The fraction of sp³-hybridized carbons (Fsp3) is 0.391. The normalized spacial score (nSPS) is 24.6. The molecule has 0 amide bonds. The predicted molar refractivity (Wildman–Crippen MR) is 104 cm³/mol. The molecule has 2 aromatic carbocycles. The van der Waals surface area contributed by atoms with Crippen LogP contribution in [0.1, 0.15) is 42.4 Å². The van der Waals surface area contributed by atoms with E-state index in [0.717, 1.165) is 0 Å². The van der Waals surface area contributed by atoms with Crippen LogP contribution in [-0.4, -0.2) is 19.0 Å². The SMILES string of the molecule is Cc1ccc(C=CC2CCC(c3ccccc3)(N(C)C)CC2)cc1. The summed E-state index contributed by atoms with van der Waals surface area (Å²) < 4.78 is 0. The standard InChI is InChI=1S/C23H29N/c1-19-9-11-20(12-10-19)13-14-21-15-17-23(18-16-21,24(2)3)22-7-5-4-6-8-22/h4-14,21H,15-18H2,1-3H3. The Morgan fingerprint density at radius 3 is 2.12 bits per heavy atom. The van der Waals surface area contributed by atoms with Gasteiger partial charge in [0.2, 0.25) is 0 Å². The lowest BCUT2D eigenvalue weighted by molar-refractivity contribution is 0.0863. The van der Waals surface area contributed by atoms with E-state index in [4.69, 9.17) is 0 Å². The van der Waals surface area contributed by atoms with Crippen LogP contribution >= 0.6 is 0 Å². The Bertz CT molecular complexity index is 659. The zero-order valence-electron chi connectivity index (χ0n) is 15.2. The molecule has 1 saturated carbocycles. The molecule has 0 spiro atoms. The molecular formula is C23H29N. The molecule has 0 unspecified atom stereocenters. The number of rotatable bonds is 4. The van der Waals surface area contributed by atoms with E-state index in [1.165, 1.54) is 42.4 Å². The molecule has 0 saturated heterocycles. The summed E-state index contributed by atoms with van der Waals surface area (Å²) in [6.45, 7) is 2.14. The summed E-state index contributed by atoms with van der Waals surface area (Å²) in [6, 6.07) is 19.8. The lowest BCUT2D eigenvalue weighted by Gasteiger charge is -2.45. The maximum absolute atomic E-state index is 2.43. The van der Waals surface area contributed by atoms with Gasteiger partial charge in [0, 0.05) is 5.54 Å². The van der Waals surface area contributed by atoms with E-state index < -0.39 is 0 Å². The van der Waals surface area contributed by atoms with E-state index in [0.29, 0.717) is 5.92 Å². The zero-order chi connectivity index (χ0) is 17.0. The van der Waals surface area contributed by atoms with Crippen molar-refractivity contribution in [2.24, 2.45) is 5.92 Å². The molecule has 1 fully saturated rings. The van der Waals surface area contributed by atoms with E-state index in [-0.39, 0.29) is 5.54 Å². The van der Waals surface area contributed by atoms with Crippen LogP contribution in [0.15, 0.2) is 60.7 Å². The van der Waals surface area contributed by atoms with Crippen molar-refractivity contribution in [3.63, 3.8) is 0 Å². The molecule has 1 heteroatoms. The van der Waals surface area contributed by atoms with Crippen molar-refractivity contribution < 1.29 is 0 Å². The van der Waals surface area contributed by atoms with Gasteiger partial charge in [0.15, 0.2) is 0 Å². The number of allylic oxidation sites excluding steroid dienone is 1. The minimum atomic E-state index is 0.204. The molecule has 0 heterocycles. The van der Waals surface area contributed by atoms with Gasteiger partial charge in [0.1, 0.15) is 0 Å². The van der Waals surface area contributed by atoms with E-state index in [1.807, 2.05) is 0 Å². The molecule has 24 heavy (non-hydrogen) atoms. The second-order valence-electron chi connectivity index (χ2n) is 7.40. The largest absolute Gasteiger partial charge is 0.300 e. The van der Waals surface area contributed by atoms with Crippen LogP contribution in [0.4, 0.5) is 0 Å². The second-order valence-corrected chi connectivity index (χ2v) is 7.40. The average molecular weight is 319 g/mol. The van der Waals surface area contributed by atoms with E-state index in [9.17, 15) is 0 Å². The third-order valence-electron chi connectivity index (χ3n) is 5.66.